The third-order valence-corrected chi connectivity index (χ3v) is 3.60. The molecule has 1 aromatic carbocycles. The molecule has 5 heteroatoms. The van der Waals surface area contributed by atoms with Crippen molar-refractivity contribution in [1.29, 1.82) is 0 Å². The average Bonchev–Trinajstić information content (AvgIpc) is 2.67. The number of nitrogens with zero attached hydrogens (tertiary/aromatic N) is 2. The number of carbonyl (C=O) groups is 1. The first-order valence-corrected chi connectivity index (χ1v) is 7.53. The molecule has 0 unspecified atom stereocenters. The van der Waals surface area contributed by atoms with Gasteiger partial charge < -0.3 is 10.1 Å². The number of hydrogen-bond donors (Lipinski definition) is 1. The number of nitrogens with one attached hydrogen (secondary N) is 1. The molecule has 0 aliphatic rings. The maximum absolute atomic E-state index is 12.3. The summed E-state index contributed by atoms with van der Waals surface area (Å²) in [6.07, 6.45) is 6.73. The van der Waals surface area contributed by atoms with Crippen LogP contribution in [0.4, 0.5) is 0 Å². The lowest BCUT2D eigenvalue weighted by Gasteiger charge is -2.07. The van der Waals surface area contributed by atoms with Crippen LogP contribution < -0.4 is 10.1 Å². The summed E-state index contributed by atoms with van der Waals surface area (Å²) in [6, 6.07) is 13.2. The van der Waals surface area contributed by atoms with E-state index in [0.717, 1.165) is 22.4 Å². The van der Waals surface area contributed by atoms with Crippen LogP contribution in [0.1, 0.15) is 15.9 Å². The third kappa shape index (κ3) is 3.76. The van der Waals surface area contributed by atoms with E-state index in [-0.39, 0.29) is 5.91 Å². The first kappa shape index (κ1) is 15.7. The van der Waals surface area contributed by atoms with Crippen molar-refractivity contribution in [2.24, 2.45) is 0 Å². The summed E-state index contributed by atoms with van der Waals surface area (Å²) in [4.78, 5) is 20.5. The van der Waals surface area contributed by atoms with Crippen LogP contribution in [-0.2, 0) is 6.54 Å². The molecule has 5 nitrogen and oxygen atoms in total. The number of amides is 1. The van der Waals surface area contributed by atoms with Gasteiger partial charge in [0.1, 0.15) is 5.75 Å². The van der Waals surface area contributed by atoms with Crippen LogP contribution >= 0.6 is 0 Å². The number of methoxy groups -OCH3 is 1. The molecule has 0 aliphatic heterocycles. The first-order valence-electron chi connectivity index (χ1n) is 7.53. The van der Waals surface area contributed by atoms with Gasteiger partial charge in [0.25, 0.3) is 5.91 Å². The summed E-state index contributed by atoms with van der Waals surface area (Å²) >= 11 is 0. The zero-order valence-electron chi connectivity index (χ0n) is 13.3. The number of rotatable bonds is 5. The second-order valence-electron chi connectivity index (χ2n) is 5.23. The minimum Gasteiger partial charge on any atom is -0.497 e. The normalized spacial score (nSPS) is 10.2. The SMILES string of the molecule is COc1ccc(-c2cncc(C(=O)NCc3cccnc3)c2)cc1. The summed E-state index contributed by atoms with van der Waals surface area (Å²) in [6.45, 7) is 0.430. The van der Waals surface area contributed by atoms with Crippen molar-refractivity contribution < 1.29 is 9.53 Å². The fourth-order valence-corrected chi connectivity index (χ4v) is 2.29. The Morgan fingerprint density at radius 3 is 2.58 bits per heavy atom. The van der Waals surface area contributed by atoms with E-state index in [2.05, 4.69) is 15.3 Å². The molecule has 0 atom stereocenters. The number of benzene rings is 1. The molecule has 0 spiro atoms. The van der Waals surface area contributed by atoms with Gasteiger partial charge in [0.05, 0.1) is 12.7 Å². The van der Waals surface area contributed by atoms with E-state index in [1.807, 2.05) is 42.5 Å². The summed E-state index contributed by atoms with van der Waals surface area (Å²) in [5.74, 6) is 0.624. The van der Waals surface area contributed by atoms with Gasteiger partial charge in [-0.15, -0.1) is 0 Å². The van der Waals surface area contributed by atoms with Crippen LogP contribution in [0, 0.1) is 0 Å². The van der Waals surface area contributed by atoms with Crippen molar-refractivity contribution in [2.75, 3.05) is 7.11 Å². The largest absolute Gasteiger partial charge is 0.497 e. The van der Waals surface area contributed by atoms with Gasteiger partial charge in [0.2, 0.25) is 0 Å². The van der Waals surface area contributed by atoms with Crippen molar-refractivity contribution in [3.63, 3.8) is 0 Å². The molecule has 1 amide bonds. The molecule has 120 valence electrons. The second kappa shape index (κ2) is 7.37. The molecular formula is C19H17N3O2. The highest BCUT2D eigenvalue weighted by molar-refractivity contribution is 5.95. The van der Waals surface area contributed by atoms with E-state index in [9.17, 15) is 4.79 Å². The maximum Gasteiger partial charge on any atom is 0.253 e. The average molecular weight is 319 g/mol. The highest BCUT2D eigenvalue weighted by Crippen LogP contribution is 2.22. The standard InChI is InChI=1S/C19H17N3O2/c1-24-18-6-4-15(5-7-18)16-9-17(13-21-12-16)19(23)22-11-14-3-2-8-20-10-14/h2-10,12-13H,11H2,1H3,(H,22,23). The highest BCUT2D eigenvalue weighted by atomic mass is 16.5. The fraction of sp³-hybridized carbons (Fsp3) is 0.105. The molecule has 0 fully saturated rings. The summed E-state index contributed by atoms with van der Waals surface area (Å²) in [5, 5.41) is 2.87. The van der Waals surface area contributed by atoms with Gasteiger partial charge in [-0.25, -0.2) is 0 Å². The Hall–Kier alpha value is -3.21. The van der Waals surface area contributed by atoms with Crippen LogP contribution in [-0.4, -0.2) is 23.0 Å². The lowest BCUT2D eigenvalue weighted by atomic mass is 10.1. The van der Waals surface area contributed by atoms with Crippen molar-refractivity contribution in [3.05, 3.63) is 78.4 Å². The molecule has 0 bridgehead atoms. The Kier molecular flexibility index (Phi) is 4.81. The number of aromatic nitrogens is 2. The molecule has 0 radical (unpaired) electrons. The smallest absolute Gasteiger partial charge is 0.253 e. The van der Waals surface area contributed by atoms with E-state index in [0.29, 0.717) is 12.1 Å². The molecule has 3 aromatic rings. The van der Waals surface area contributed by atoms with Crippen LogP contribution in [0.15, 0.2) is 67.3 Å². The molecule has 2 heterocycles. The maximum atomic E-state index is 12.3. The molecular weight excluding hydrogens is 302 g/mol. The predicted octanol–water partition coefficient (Wildman–Crippen LogP) is 3.08. The Labute approximate surface area is 140 Å². The zero-order chi connectivity index (χ0) is 16.8. The van der Waals surface area contributed by atoms with E-state index in [1.54, 1.807) is 31.9 Å². The molecule has 1 N–H and O–H groups in total. The van der Waals surface area contributed by atoms with Gasteiger partial charge in [-0.05, 0) is 35.4 Å². The van der Waals surface area contributed by atoms with Gasteiger partial charge in [-0.3, -0.25) is 14.8 Å². The molecule has 3 rings (SSSR count). The number of carbonyl (C=O) groups excluding carboxylic acids is 1. The van der Waals surface area contributed by atoms with Crippen LogP contribution in [0.25, 0.3) is 11.1 Å². The number of ether oxygens (including phenoxy) is 1. The molecule has 0 aliphatic carbocycles. The number of hydrogen-bond acceptors (Lipinski definition) is 4. The van der Waals surface area contributed by atoms with Crippen molar-refractivity contribution in [1.82, 2.24) is 15.3 Å². The van der Waals surface area contributed by atoms with Crippen molar-refractivity contribution in [3.8, 4) is 16.9 Å². The summed E-state index contributed by atoms with van der Waals surface area (Å²) < 4.78 is 5.16. The predicted molar refractivity (Wildman–Crippen MR) is 91.6 cm³/mol. The minimum absolute atomic E-state index is 0.165. The second-order valence-corrected chi connectivity index (χ2v) is 5.23. The van der Waals surface area contributed by atoms with Gasteiger partial charge in [-0.1, -0.05) is 18.2 Å². The molecule has 2 aromatic heterocycles. The van der Waals surface area contributed by atoms with E-state index >= 15 is 0 Å². The topological polar surface area (TPSA) is 64.1 Å². The van der Waals surface area contributed by atoms with Crippen molar-refractivity contribution >= 4 is 5.91 Å². The molecule has 0 saturated carbocycles. The van der Waals surface area contributed by atoms with Gasteiger partial charge in [0, 0.05) is 36.9 Å². The van der Waals surface area contributed by atoms with E-state index in [1.165, 1.54) is 0 Å². The lowest BCUT2D eigenvalue weighted by Crippen LogP contribution is -2.23. The Morgan fingerprint density at radius 1 is 1.04 bits per heavy atom. The molecule has 0 saturated heterocycles. The van der Waals surface area contributed by atoms with Gasteiger partial charge >= 0.3 is 0 Å². The monoisotopic (exact) mass is 319 g/mol. The quantitative estimate of drug-likeness (QED) is 0.785. The Bertz CT molecular complexity index is 818. The van der Waals surface area contributed by atoms with E-state index < -0.39 is 0 Å². The zero-order valence-corrected chi connectivity index (χ0v) is 13.3. The van der Waals surface area contributed by atoms with E-state index in [4.69, 9.17) is 4.74 Å². The van der Waals surface area contributed by atoms with Crippen LogP contribution in [0.5, 0.6) is 5.75 Å². The van der Waals surface area contributed by atoms with Crippen LogP contribution in [0.2, 0.25) is 0 Å². The summed E-state index contributed by atoms with van der Waals surface area (Å²) in [5.41, 5.74) is 3.33. The fourth-order valence-electron chi connectivity index (χ4n) is 2.29. The lowest BCUT2D eigenvalue weighted by molar-refractivity contribution is 0.0950. The third-order valence-electron chi connectivity index (χ3n) is 3.60. The van der Waals surface area contributed by atoms with Gasteiger partial charge in [-0.2, -0.15) is 0 Å². The minimum atomic E-state index is -0.165. The Balaban J connectivity index is 1.73. The highest BCUT2D eigenvalue weighted by Gasteiger charge is 2.08. The van der Waals surface area contributed by atoms with Crippen LogP contribution in [0.3, 0.4) is 0 Å². The first-order chi connectivity index (χ1) is 11.8. The van der Waals surface area contributed by atoms with Gasteiger partial charge in [0.15, 0.2) is 0 Å². The number of pyridine rings is 2. The van der Waals surface area contributed by atoms with Crippen molar-refractivity contribution in [2.45, 2.75) is 6.54 Å². The summed E-state index contributed by atoms with van der Waals surface area (Å²) in [7, 11) is 1.63. The Morgan fingerprint density at radius 2 is 1.88 bits per heavy atom. The molecule has 24 heavy (non-hydrogen) atoms.